The summed E-state index contributed by atoms with van der Waals surface area (Å²) < 4.78 is 31.2. The van der Waals surface area contributed by atoms with Gasteiger partial charge >= 0.3 is 0 Å². The molecule has 0 radical (unpaired) electrons. The molecular formula is C11H9F2N3O. The molecule has 4 nitrogen and oxygen atoms in total. The molecule has 0 unspecified atom stereocenters. The normalized spacial score (nSPS) is 10.1. The topological polar surface area (TPSA) is 47.0 Å². The van der Waals surface area contributed by atoms with Crippen molar-refractivity contribution in [3.05, 3.63) is 42.4 Å². The Morgan fingerprint density at radius 3 is 2.71 bits per heavy atom. The molecule has 0 saturated heterocycles. The van der Waals surface area contributed by atoms with Gasteiger partial charge in [-0.05, 0) is 12.1 Å². The van der Waals surface area contributed by atoms with E-state index in [1.807, 2.05) is 0 Å². The molecule has 17 heavy (non-hydrogen) atoms. The SMILES string of the molecule is COc1ccc(F)c(Nc2cc(F)ncn2)c1. The summed E-state index contributed by atoms with van der Waals surface area (Å²) in [6.07, 6.45) is 1.05. The third-order valence-electron chi connectivity index (χ3n) is 2.07. The molecule has 0 bridgehead atoms. The molecule has 88 valence electrons. The Bertz CT molecular complexity index is 534. The van der Waals surface area contributed by atoms with E-state index < -0.39 is 11.8 Å². The molecule has 1 aromatic carbocycles. The highest BCUT2D eigenvalue weighted by atomic mass is 19.1. The Morgan fingerprint density at radius 1 is 1.18 bits per heavy atom. The number of nitrogens with zero attached hydrogens (tertiary/aromatic N) is 2. The van der Waals surface area contributed by atoms with E-state index in [4.69, 9.17) is 4.74 Å². The molecular weight excluding hydrogens is 228 g/mol. The molecule has 0 atom stereocenters. The second kappa shape index (κ2) is 4.73. The van der Waals surface area contributed by atoms with Crippen LogP contribution in [0, 0.1) is 11.8 Å². The van der Waals surface area contributed by atoms with Crippen molar-refractivity contribution in [1.82, 2.24) is 9.97 Å². The van der Waals surface area contributed by atoms with Crippen molar-refractivity contribution in [2.75, 3.05) is 12.4 Å². The monoisotopic (exact) mass is 237 g/mol. The van der Waals surface area contributed by atoms with Gasteiger partial charge in [0, 0.05) is 12.1 Å². The quantitative estimate of drug-likeness (QED) is 0.833. The van der Waals surface area contributed by atoms with Gasteiger partial charge in [0.15, 0.2) is 0 Å². The molecule has 6 heteroatoms. The van der Waals surface area contributed by atoms with Crippen LogP contribution in [0.4, 0.5) is 20.3 Å². The van der Waals surface area contributed by atoms with E-state index in [1.54, 1.807) is 0 Å². The number of halogens is 2. The average Bonchev–Trinajstić information content (AvgIpc) is 2.32. The first-order valence-corrected chi connectivity index (χ1v) is 4.77. The number of methoxy groups -OCH3 is 1. The predicted molar refractivity (Wildman–Crippen MR) is 58.2 cm³/mol. The molecule has 1 aromatic heterocycles. The second-order valence-corrected chi connectivity index (χ2v) is 3.20. The first-order valence-electron chi connectivity index (χ1n) is 4.77. The fraction of sp³-hybridized carbons (Fsp3) is 0.0909. The highest BCUT2D eigenvalue weighted by Gasteiger charge is 2.05. The number of ether oxygens (including phenoxy) is 1. The number of nitrogens with one attached hydrogen (secondary N) is 1. The van der Waals surface area contributed by atoms with Crippen LogP contribution in [0.2, 0.25) is 0 Å². The Labute approximate surface area is 96.3 Å². The van der Waals surface area contributed by atoms with Gasteiger partial charge in [-0.15, -0.1) is 0 Å². The zero-order chi connectivity index (χ0) is 12.3. The van der Waals surface area contributed by atoms with Crippen molar-refractivity contribution in [3.8, 4) is 5.75 Å². The van der Waals surface area contributed by atoms with Gasteiger partial charge in [0.25, 0.3) is 0 Å². The Kier molecular flexibility index (Phi) is 3.13. The van der Waals surface area contributed by atoms with Gasteiger partial charge in [-0.1, -0.05) is 0 Å². The summed E-state index contributed by atoms with van der Waals surface area (Å²) in [4.78, 5) is 7.06. The van der Waals surface area contributed by atoms with Crippen molar-refractivity contribution < 1.29 is 13.5 Å². The highest BCUT2D eigenvalue weighted by molar-refractivity contribution is 5.58. The van der Waals surface area contributed by atoms with Gasteiger partial charge in [-0.25, -0.2) is 14.4 Å². The van der Waals surface area contributed by atoms with Crippen LogP contribution in [-0.4, -0.2) is 17.1 Å². The van der Waals surface area contributed by atoms with Gasteiger partial charge in [-0.2, -0.15) is 4.39 Å². The Morgan fingerprint density at radius 2 is 2.00 bits per heavy atom. The minimum Gasteiger partial charge on any atom is -0.497 e. The number of hydrogen-bond acceptors (Lipinski definition) is 4. The van der Waals surface area contributed by atoms with Gasteiger partial charge in [0.2, 0.25) is 5.95 Å². The molecule has 2 aromatic rings. The molecule has 0 aliphatic heterocycles. The fourth-order valence-electron chi connectivity index (χ4n) is 1.27. The van der Waals surface area contributed by atoms with Crippen LogP contribution in [-0.2, 0) is 0 Å². The van der Waals surface area contributed by atoms with Gasteiger partial charge < -0.3 is 10.1 Å². The first kappa shape index (κ1) is 11.3. The van der Waals surface area contributed by atoms with Gasteiger partial charge in [0.05, 0.1) is 12.8 Å². The maximum Gasteiger partial charge on any atom is 0.218 e. The summed E-state index contributed by atoms with van der Waals surface area (Å²) in [6.45, 7) is 0. The summed E-state index contributed by atoms with van der Waals surface area (Å²) in [5.41, 5.74) is 0.155. The van der Waals surface area contributed by atoms with Crippen LogP contribution < -0.4 is 10.1 Å². The van der Waals surface area contributed by atoms with E-state index >= 15 is 0 Å². The number of benzene rings is 1. The van der Waals surface area contributed by atoms with Crippen molar-refractivity contribution in [2.24, 2.45) is 0 Å². The summed E-state index contributed by atoms with van der Waals surface area (Å²) in [5.74, 6) is -0.510. The molecule has 0 spiro atoms. The van der Waals surface area contributed by atoms with Crippen LogP contribution in [0.3, 0.4) is 0 Å². The average molecular weight is 237 g/mol. The largest absolute Gasteiger partial charge is 0.497 e. The van der Waals surface area contributed by atoms with Crippen LogP contribution in [0.15, 0.2) is 30.6 Å². The molecule has 1 N–H and O–H groups in total. The highest BCUT2D eigenvalue weighted by Crippen LogP contribution is 2.23. The lowest BCUT2D eigenvalue weighted by Crippen LogP contribution is -1.98. The third kappa shape index (κ3) is 2.66. The van der Waals surface area contributed by atoms with E-state index in [1.165, 1.54) is 25.3 Å². The van der Waals surface area contributed by atoms with Crippen molar-refractivity contribution in [1.29, 1.82) is 0 Å². The molecule has 2 rings (SSSR count). The minimum atomic E-state index is -0.689. The molecule has 0 aliphatic rings. The van der Waals surface area contributed by atoms with Crippen LogP contribution in [0.5, 0.6) is 5.75 Å². The molecule has 0 aliphatic carbocycles. The van der Waals surface area contributed by atoms with Crippen LogP contribution in [0.25, 0.3) is 0 Å². The van der Waals surface area contributed by atoms with E-state index in [9.17, 15) is 8.78 Å². The van der Waals surface area contributed by atoms with E-state index in [-0.39, 0.29) is 11.5 Å². The summed E-state index contributed by atoms with van der Waals surface area (Å²) >= 11 is 0. The summed E-state index contributed by atoms with van der Waals surface area (Å²) in [6, 6.07) is 5.26. The third-order valence-corrected chi connectivity index (χ3v) is 2.07. The first-order chi connectivity index (χ1) is 8.19. The maximum absolute atomic E-state index is 13.4. The lowest BCUT2D eigenvalue weighted by atomic mass is 10.3. The van der Waals surface area contributed by atoms with E-state index in [0.717, 1.165) is 12.4 Å². The molecule has 1 heterocycles. The standard InChI is InChI=1S/C11H9F2N3O/c1-17-7-2-3-8(12)9(4-7)16-11-5-10(13)14-6-15-11/h2-6H,1H3,(H,14,15,16). The van der Waals surface area contributed by atoms with Crippen molar-refractivity contribution in [3.63, 3.8) is 0 Å². The van der Waals surface area contributed by atoms with E-state index in [0.29, 0.717) is 5.75 Å². The van der Waals surface area contributed by atoms with Crippen molar-refractivity contribution in [2.45, 2.75) is 0 Å². The predicted octanol–water partition coefficient (Wildman–Crippen LogP) is 2.51. The second-order valence-electron chi connectivity index (χ2n) is 3.20. The summed E-state index contributed by atoms with van der Waals surface area (Å²) in [5, 5.41) is 2.64. The summed E-state index contributed by atoms with van der Waals surface area (Å²) in [7, 11) is 1.47. The van der Waals surface area contributed by atoms with Crippen molar-refractivity contribution >= 4 is 11.5 Å². The minimum absolute atomic E-state index is 0.155. The number of anilines is 2. The van der Waals surface area contributed by atoms with Crippen LogP contribution in [0.1, 0.15) is 0 Å². The number of hydrogen-bond donors (Lipinski definition) is 1. The Balaban J connectivity index is 2.29. The zero-order valence-electron chi connectivity index (χ0n) is 8.95. The van der Waals surface area contributed by atoms with Crippen LogP contribution >= 0.6 is 0 Å². The lowest BCUT2D eigenvalue weighted by molar-refractivity contribution is 0.414. The van der Waals surface area contributed by atoms with E-state index in [2.05, 4.69) is 15.3 Å². The lowest BCUT2D eigenvalue weighted by Gasteiger charge is -2.08. The number of aromatic nitrogens is 2. The van der Waals surface area contributed by atoms with Gasteiger partial charge in [0.1, 0.15) is 23.7 Å². The molecule has 0 amide bonds. The Hall–Kier alpha value is -2.24. The maximum atomic E-state index is 13.4. The van der Waals surface area contributed by atoms with Gasteiger partial charge in [-0.3, -0.25) is 0 Å². The zero-order valence-corrected chi connectivity index (χ0v) is 8.95. The molecule has 0 fully saturated rings. The number of rotatable bonds is 3. The fourth-order valence-corrected chi connectivity index (χ4v) is 1.27. The molecule has 0 saturated carbocycles. The smallest absolute Gasteiger partial charge is 0.218 e.